The molecule has 1 atom stereocenters. The van der Waals surface area contributed by atoms with Crippen LogP contribution in [0.4, 0.5) is 10.5 Å². The van der Waals surface area contributed by atoms with Gasteiger partial charge >= 0.3 is 6.03 Å². The largest absolute Gasteiger partial charge is 0.325 e. The molecule has 2 aliphatic heterocycles. The van der Waals surface area contributed by atoms with Crippen molar-refractivity contribution in [2.45, 2.75) is 69.2 Å². The van der Waals surface area contributed by atoms with Gasteiger partial charge in [0.05, 0.1) is 4.90 Å². The molecule has 2 saturated heterocycles. The zero-order valence-electron chi connectivity index (χ0n) is 19.9. The first kappa shape index (κ1) is 24.7. The first-order valence-corrected chi connectivity index (χ1v) is 13.6. The van der Waals surface area contributed by atoms with Crippen LogP contribution in [0.3, 0.4) is 0 Å². The molecule has 3 fully saturated rings. The number of hydrogen-bond donors (Lipinski definition) is 2. The van der Waals surface area contributed by atoms with E-state index in [-0.39, 0.29) is 17.3 Å². The third kappa shape index (κ3) is 4.84. The lowest BCUT2D eigenvalue weighted by Crippen LogP contribution is -2.49. The summed E-state index contributed by atoms with van der Waals surface area (Å²) < 4.78 is 27.3. The van der Waals surface area contributed by atoms with Gasteiger partial charge in [-0.1, -0.05) is 20.3 Å². The first-order chi connectivity index (χ1) is 16.1. The Morgan fingerprint density at radius 2 is 1.82 bits per heavy atom. The van der Waals surface area contributed by atoms with Crippen molar-refractivity contribution in [3.8, 4) is 0 Å². The third-order valence-corrected chi connectivity index (χ3v) is 9.36. The van der Waals surface area contributed by atoms with E-state index in [4.69, 9.17) is 0 Å². The molecule has 186 valence electrons. The minimum absolute atomic E-state index is 0.179. The number of carbonyl (C=O) groups excluding carboxylic acids is 3. The highest BCUT2D eigenvalue weighted by Gasteiger charge is 2.52. The highest BCUT2D eigenvalue weighted by Crippen LogP contribution is 2.37. The van der Waals surface area contributed by atoms with Crippen molar-refractivity contribution in [1.82, 2.24) is 14.5 Å². The smallest absolute Gasteiger partial charge is 0.325 e. The molecule has 10 heteroatoms. The van der Waals surface area contributed by atoms with Crippen molar-refractivity contribution in [3.63, 3.8) is 0 Å². The topological polar surface area (TPSA) is 116 Å². The van der Waals surface area contributed by atoms with Gasteiger partial charge in [0, 0.05) is 18.8 Å². The molecular weight excluding hydrogens is 456 g/mol. The van der Waals surface area contributed by atoms with Crippen LogP contribution in [0.25, 0.3) is 0 Å². The van der Waals surface area contributed by atoms with E-state index in [1.54, 1.807) is 0 Å². The van der Waals surface area contributed by atoms with Crippen LogP contribution in [0.2, 0.25) is 0 Å². The average Bonchev–Trinajstić information content (AvgIpc) is 3.04. The van der Waals surface area contributed by atoms with E-state index in [0.29, 0.717) is 43.5 Å². The number of nitrogens with zero attached hydrogens (tertiary/aromatic N) is 2. The van der Waals surface area contributed by atoms with Crippen molar-refractivity contribution in [2.75, 3.05) is 25.0 Å². The summed E-state index contributed by atoms with van der Waals surface area (Å²) in [4.78, 5) is 39.2. The van der Waals surface area contributed by atoms with E-state index in [1.807, 2.05) is 6.92 Å². The van der Waals surface area contributed by atoms with Gasteiger partial charge in [0.1, 0.15) is 12.1 Å². The molecule has 4 amide bonds. The number of sulfonamides is 1. The van der Waals surface area contributed by atoms with Crippen LogP contribution in [0.5, 0.6) is 0 Å². The highest BCUT2D eigenvalue weighted by molar-refractivity contribution is 7.89. The molecule has 2 heterocycles. The fourth-order valence-electron chi connectivity index (χ4n) is 5.31. The molecule has 3 aliphatic rings. The number of anilines is 1. The number of carbonyl (C=O) groups is 3. The van der Waals surface area contributed by atoms with Gasteiger partial charge in [-0.25, -0.2) is 13.2 Å². The number of rotatable bonds is 6. The van der Waals surface area contributed by atoms with Gasteiger partial charge in [-0.3, -0.25) is 14.5 Å². The van der Waals surface area contributed by atoms with Gasteiger partial charge < -0.3 is 10.6 Å². The monoisotopic (exact) mass is 490 g/mol. The minimum Gasteiger partial charge on any atom is -0.325 e. The Kier molecular flexibility index (Phi) is 7.00. The molecule has 1 aromatic carbocycles. The molecule has 1 unspecified atom stereocenters. The van der Waals surface area contributed by atoms with Crippen LogP contribution in [0, 0.1) is 11.8 Å². The zero-order chi connectivity index (χ0) is 24.5. The molecule has 9 nitrogen and oxygen atoms in total. The van der Waals surface area contributed by atoms with Crippen LogP contribution in [0.15, 0.2) is 29.2 Å². The zero-order valence-corrected chi connectivity index (χ0v) is 20.7. The highest BCUT2D eigenvalue weighted by atomic mass is 32.2. The maximum atomic E-state index is 13.0. The van der Waals surface area contributed by atoms with Gasteiger partial charge in [0.25, 0.3) is 5.91 Å². The first-order valence-electron chi connectivity index (χ1n) is 12.2. The lowest BCUT2D eigenvalue weighted by Gasteiger charge is -2.34. The second kappa shape index (κ2) is 9.65. The van der Waals surface area contributed by atoms with Crippen LogP contribution < -0.4 is 10.6 Å². The second-order valence-corrected chi connectivity index (χ2v) is 11.9. The average molecular weight is 491 g/mol. The SMILES string of the molecule is CCC1CCC2(CC1)NC(=O)N(CC(=O)Nc1ccc(S(=O)(=O)N3CCCC(C)C3)cc1)C2=O. The Morgan fingerprint density at radius 3 is 2.44 bits per heavy atom. The van der Waals surface area contributed by atoms with Gasteiger partial charge in [-0.05, 0) is 74.6 Å². The summed E-state index contributed by atoms with van der Waals surface area (Å²) in [5, 5.41) is 5.49. The van der Waals surface area contributed by atoms with Crippen LogP contribution >= 0.6 is 0 Å². The van der Waals surface area contributed by atoms with Gasteiger partial charge in [0.15, 0.2) is 0 Å². The quantitative estimate of drug-likeness (QED) is 0.595. The lowest BCUT2D eigenvalue weighted by molar-refractivity contribution is -0.135. The predicted octanol–water partition coefficient (Wildman–Crippen LogP) is 2.94. The number of hydrogen-bond acceptors (Lipinski definition) is 5. The maximum Gasteiger partial charge on any atom is 0.325 e. The van der Waals surface area contributed by atoms with E-state index < -0.39 is 27.5 Å². The van der Waals surface area contributed by atoms with Crippen LogP contribution in [-0.2, 0) is 19.6 Å². The van der Waals surface area contributed by atoms with Crippen molar-refractivity contribution in [3.05, 3.63) is 24.3 Å². The summed E-state index contributed by atoms with van der Waals surface area (Å²) in [7, 11) is -3.58. The Hall–Kier alpha value is -2.46. The standard InChI is InChI=1S/C24H34N4O5S/c1-3-18-10-12-24(13-11-18)22(30)28(23(31)26-24)16-21(29)25-19-6-8-20(9-7-19)34(32,33)27-14-4-5-17(2)15-27/h6-9,17-18H,3-5,10-16H2,1-2H3,(H,25,29)(H,26,31). The molecular formula is C24H34N4O5S. The molecule has 4 rings (SSSR count). The van der Waals surface area contributed by atoms with Gasteiger partial charge in [-0.15, -0.1) is 0 Å². The number of urea groups is 1. The van der Waals surface area contributed by atoms with Crippen LogP contribution in [0.1, 0.15) is 58.8 Å². The lowest BCUT2D eigenvalue weighted by atomic mass is 9.75. The van der Waals surface area contributed by atoms with Crippen molar-refractivity contribution in [2.24, 2.45) is 11.8 Å². The Balaban J connectivity index is 1.36. The van der Waals surface area contributed by atoms with E-state index in [9.17, 15) is 22.8 Å². The van der Waals surface area contributed by atoms with E-state index in [0.717, 1.165) is 37.0 Å². The predicted molar refractivity (Wildman–Crippen MR) is 127 cm³/mol. The van der Waals surface area contributed by atoms with E-state index >= 15 is 0 Å². The fourth-order valence-corrected chi connectivity index (χ4v) is 6.90. The Bertz CT molecular complexity index is 1050. The summed E-state index contributed by atoms with van der Waals surface area (Å²) in [6.07, 6.45) is 5.89. The van der Waals surface area contributed by atoms with Crippen molar-refractivity contribution < 1.29 is 22.8 Å². The van der Waals surface area contributed by atoms with Crippen molar-refractivity contribution in [1.29, 1.82) is 0 Å². The number of nitrogens with one attached hydrogen (secondary N) is 2. The Labute approximate surface area is 201 Å². The molecule has 1 spiro atoms. The normalized spacial score (nSPS) is 28.2. The number of piperidine rings is 1. The third-order valence-electron chi connectivity index (χ3n) is 7.48. The molecule has 2 N–H and O–H groups in total. The number of amides is 4. The summed E-state index contributed by atoms with van der Waals surface area (Å²) in [6.45, 7) is 4.81. The summed E-state index contributed by atoms with van der Waals surface area (Å²) in [5.74, 6) is 0.0499. The molecule has 0 bridgehead atoms. The maximum absolute atomic E-state index is 13.0. The van der Waals surface area contributed by atoms with Crippen molar-refractivity contribution >= 4 is 33.6 Å². The van der Waals surface area contributed by atoms with E-state index in [2.05, 4.69) is 17.6 Å². The fraction of sp³-hybridized carbons (Fsp3) is 0.625. The molecule has 0 aromatic heterocycles. The molecule has 0 radical (unpaired) electrons. The summed E-state index contributed by atoms with van der Waals surface area (Å²) in [6, 6.07) is 5.46. The number of benzene rings is 1. The summed E-state index contributed by atoms with van der Waals surface area (Å²) in [5.41, 5.74) is -0.480. The molecule has 34 heavy (non-hydrogen) atoms. The summed E-state index contributed by atoms with van der Waals surface area (Å²) >= 11 is 0. The van der Waals surface area contributed by atoms with Crippen LogP contribution in [-0.4, -0.2) is 60.6 Å². The molecule has 1 aliphatic carbocycles. The molecule has 1 aromatic rings. The minimum atomic E-state index is -3.58. The second-order valence-electron chi connectivity index (χ2n) is 9.94. The van der Waals surface area contributed by atoms with Gasteiger partial charge in [-0.2, -0.15) is 4.31 Å². The van der Waals surface area contributed by atoms with E-state index in [1.165, 1.54) is 28.6 Å². The number of imide groups is 1. The molecule has 1 saturated carbocycles. The van der Waals surface area contributed by atoms with Gasteiger partial charge in [0.2, 0.25) is 15.9 Å². The Morgan fingerprint density at radius 1 is 1.15 bits per heavy atom.